The van der Waals surface area contributed by atoms with E-state index in [1.807, 2.05) is 0 Å². The number of ketones is 1. The maximum absolute atomic E-state index is 13.2. The van der Waals surface area contributed by atoms with Gasteiger partial charge in [0, 0.05) is 17.7 Å². The average molecular weight is 232 g/mol. The Balaban J connectivity index is 3.41. The number of Topliss-reactive ketones (excluding diaryl/α,β-unsaturated/α-hetero) is 1. The number of carbonyl (C=O) groups is 2. The van der Waals surface area contributed by atoms with Gasteiger partial charge < -0.3 is 5.11 Å². The molecule has 0 saturated heterocycles. The molecule has 16 heavy (non-hydrogen) atoms. The molecular weight excluding hydrogens is 225 g/mol. The van der Waals surface area contributed by atoms with Crippen molar-refractivity contribution in [2.75, 3.05) is 0 Å². The predicted molar refractivity (Wildman–Crippen MR) is 47.4 cm³/mol. The quantitative estimate of drug-likeness (QED) is 0.809. The number of hydrogen-bond acceptors (Lipinski definition) is 2. The molecule has 0 amide bonds. The summed E-state index contributed by atoms with van der Waals surface area (Å²) in [4.78, 5) is 21.7. The van der Waals surface area contributed by atoms with Crippen LogP contribution in [-0.2, 0) is 9.59 Å². The van der Waals surface area contributed by atoms with E-state index in [1.165, 1.54) is 0 Å². The maximum atomic E-state index is 13.2. The SMILES string of the molecule is CC(=O)C(C(=O)O)c1c(F)cc(F)cc1F. The summed E-state index contributed by atoms with van der Waals surface area (Å²) in [6.45, 7) is 0.890. The second-order valence-electron chi connectivity index (χ2n) is 3.17. The van der Waals surface area contributed by atoms with Crippen molar-refractivity contribution in [3.05, 3.63) is 35.1 Å². The Bertz CT molecular complexity index is 420. The van der Waals surface area contributed by atoms with Crippen LogP contribution in [0.3, 0.4) is 0 Å². The topological polar surface area (TPSA) is 54.4 Å². The molecule has 1 rings (SSSR count). The number of hydrogen-bond donors (Lipinski definition) is 1. The Kier molecular flexibility index (Phi) is 3.31. The third kappa shape index (κ3) is 2.21. The fraction of sp³-hybridized carbons (Fsp3) is 0.200. The molecule has 0 spiro atoms. The molecule has 0 radical (unpaired) electrons. The number of halogens is 3. The van der Waals surface area contributed by atoms with Crippen LogP contribution in [0.5, 0.6) is 0 Å². The van der Waals surface area contributed by atoms with Crippen molar-refractivity contribution in [2.24, 2.45) is 0 Å². The van der Waals surface area contributed by atoms with Gasteiger partial charge in [0.25, 0.3) is 0 Å². The first-order valence-electron chi connectivity index (χ1n) is 4.22. The minimum atomic E-state index is -1.96. The third-order valence-electron chi connectivity index (χ3n) is 1.99. The van der Waals surface area contributed by atoms with Crippen molar-refractivity contribution in [1.82, 2.24) is 0 Å². The molecule has 6 heteroatoms. The zero-order valence-electron chi connectivity index (χ0n) is 8.13. The van der Waals surface area contributed by atoms with Crippen molar-refractivity contribution in [3.63, 3.8) is 0 Å². The Hall–Kier alpha value is -1.85. The van der Waals surface area contributed by atoms with E-state index in [4.69, 9.17) is 5.11 Å². The van der Waals surface area contributed by atoms with Gasteiger partial charge in [0.1, 0.15) is 29.2 Å². The molecule has 1 atom stereocenters. The molecule has 0 aliphatic heterocycles. The molecule has 0 aliphatic rings. The zero-order chi connectivity index (χ0) is 12.5. The molecule has 3 nitrogen and oxygen atoms in total. The lowest BCUT2D eigenvalue weighted by molar-refractivity contribution is -0.142. The summed E-state index contributed by atoms with van der Waals surface area (Å²) in [5.74, 6) is -8.53. The number of rotatable bonds is 3. The molecule has 0 aliphatic carbocycles. The lowest BCUT2D eigenvalue weighted by Crippen LogP contribution is -2.22. The molecule has 1 unspecified atom stereocenters. The van der Waals surface area contributed by atoms with Gasteiger partial charge in [0.15, 0.2) is 0 Å². The summed E-state index contributed by atoms with van der Waals surface area (Å²) >= 11 is 0. The van der Waals surface area contributed by atoms with E-state index in [9.17, 15) is 22.8 Å². The van der Waals surface area contributed by atoms with Gasteiger partial charge in [-0.05, 0) is 6.92 Å². The van der Waals surface area contributed by atoms with Gasteiger partial charge in [-0.1, -0.05) is 0 Å². The monoisotopic (exact) mass is 232 g/mol. The van der Waals surface area contributed by atoms with Crippen LogP contribution < -0.4 is 0 Å². The minimum Gasteiger partial charge on any atom is -0.480 e. The summed E-state index contributed by atoms with van der Waals surface area (Å²) in [5.41, 5.74) is -0.943. The van der Waals surface area contributed by atoms with E-state index in [1.54, 1.807) is 0 Å². The van der Waals surface area contributed by atoms with Crippen LogP contribution in [0.4, 0.5) is 13.2 Å². The Morgan fingerprint density at radius 1 is 1.19 bits per heavy atom. The van der Waals surface area contributed by atoms with Crippen molar-refractivity contribution >= 4 is 11.8 Å². The van der Waals surface area contributed by atoms with Gasteiger partial charge in [-0.3, -0.25) is 9.59 Å². The molecule has 0 heterocycles. The summed E-state index contributed by atoms with van der Waals surface area (Å²) in [7, 11) is 0. The fourth-order valence-corrected chi connectivity index (χ4v) is 1.33. The van der Waals surface area contributed by atoms with E-state index in [-0.39, 0.29) is 0 Å². The van der Waals surface area contributed by atoms with Crippen LogP contribution >= 0.6 is 0 Å². The smallest absolute Gasteiger partial charge is 0.318 e. The van der Waals surface area contributed by atoms with Crippen LogP contribution in [0, 0.1) is 17.5 Å². The highest BCUT2D eigenvalue weighted by Crippen LogP contribution is 2.24. The molecule has 0 aromatic heterocycles. The Labute approximate surface area is 88.5 Å². The Morgan fingerprint density at radius 3 is 1.94 bits per heavy atom. The number of carbonyl (C=O) groups excluding carboxylic acids is 1. The van der Waals surface area contributed by atoms with Crippen LogP contribution in [0.15, 0.2) is 12.1 Å². The summed E-state index contributed by atoms with van der Waals surface area (Å²) < 4.78 is 38.9. The number of carboxylic acids is 1. The van der Waals surface area contributed by atoms with E-state index >= 15 is 0 Å². The molecular formula is C10H7F3O3. The van der Waals surface area contributed by atoms with Crippen LogP contribution in [0.25, 0.3) is 0 Å². The first-order chi connectivity index (χ1) is 7.34. The van der Waals surface area contributed by atoms with Gasteiger partial charge in [0.2, 0.25) is 0 Å². The van der Waals surface area contributed by atoms with Gasteiger partial charge in [-0.25, -0.2) is 13.2 Å². The zero-order valence-corrected chi connectivity index (χ0v) is 8.13. The highest BCUT2D eigenvalue weighted by molar-refractivity contribution is 6.02. The molecule has 1 aromatic carbocycles. The highest BCUT2D eigenvalue weighted by atomic mass is 19.1. The standard InChI is InChI=1S/C10H7F3O3/c1-4(14)8(10(15)16)9-6(12)2-5(11)3-7(9)13/h2-3,8H,1H3,(H,15,16). The predicted octanol–water partition coefficient (Wildman–Crippen LogP) is 1.86. The highest BCUT2D eigenvalue weighted by Gasteiger charge is 2.31. The Morgan fingerprint density at radius 2 is 1.62 bits per heavy atom. The number of benzene rings is 1. The van der Waals surface area contributed by atoms with Crippen molar-refractivity contribution in [3.8, 4) is 0 Å². The first-order valence-corrected chi connectivity index (χ1v) is 4.22. The second kappa shape index (κ2) is 4.34. The van der Waals surface area contributed by atoms with Crippen LogP contribution in [0.2, 0.25) is 0 Å². The lowest BCUT2D eigenvalue weighted by atomic mass is 9.94. The van der Waals surface area contributed by atoms with E-state index in [0.717, 1.165) is 6.92 Å². The summed E-state index contributed by atoms with van der Waals surface area (Å²) in [6, 6.07) is 0.661. The van der Waals surface area contributed by atoms with Gasteiger partial charge in [0.05, 0.1) is 0 Å². The summed E-state index contributed by atoms with van der Waals surface area (Å²) in [6.07, 6.45) is 0. The van der Waals surface area contributed by atoms with Gasteiger partial charge in [-0.2, -0.15) is 0 Å². The van der Waals surface area contributed by atoms with Gasteiger partial charge in [-0.15, -0.1) is 0 Å². The van der Waals surface area contributed by atoms with Crippen LogP contribution in [-0.4, -0.2) is 16.9 Å². The van der Waals surface area contributed by atoms with Crippen molar-refractivity contribution in [2.45, 2.75) is 12.8 Å². The summed E-state index contributed by atoms with van der Waals surface area (Å²) in [5, 5.41) is 8.67. The molecule has 0 saturated carbocycles. The maximum Gasteiger partial charge on any atom is 0.318 e. The first kappa shape index (κ1) is 12.2. The van der Waals surface area contributed by atoms with Crippen molar-refractivity contribution in [1.29, 1.82) is 0 Å². The molecule has 1 N–H and O–H groups in total. The van der Waals surface area contributed by atoms with Gasteiger partial charge >= 0.3 is 5.97 Å². The van der Waals surface area contributed by atoms with Crippen molar-refractivity contribution < 1.29 is 27.9 Å². The number of carboxylic acid groups (broad SMARTS) is 1. The van der Waals surface area contributed by atoms with E-state index in [2.05, 4.69) is 0 Å². The fourth-order valence-electron chi connectivity index (χ4n) is 1.33. The van der Waals surface area contributed by atoms with E-state index in [0.29, 0.717) is 12.1 Å². The molecule has 0 bridgehead atoms. The number of aliphatic carboxylic acids is 1. The molecule has 0 fully saturated rings. The average Bonchev–Trinajstić information content (AvgIpc) is 2.09. The van der Waals surface area contributed by atoms with E-state index < -0.39 is 40.7 Å². The minimum absolute atomic E-state index is 0.331. The largest absolute Gasteiger partial charge is 0.480 e. The second-order valence-corrected chi connectivity index (χ2v) is 3.17. The third-order valence-corrected chi connectivity index (χ3v) is 1.99. The molecule has 1 aromatic rings. The van der Waals surface area contributed by atoms with Crippen LogP contribution in [0.1, 0.15) is 18.4 Å². The normalized spacial score (nSPS) is 12.2. The molecule has 86 valence electrons. The lowest BCUT2D eigenvalue weighted by Gasteiger charge is -2.11.